The lowest BCUT2D eigenvalue weighted by atomic mass is 9.71. The fraction of sp³-hybridized carbons (Fsp3) is 0.292. The predicted octanol–water partition coefficient (Wildman–Crippen LogP) is 6.72. The molecular weight excluding hydrogens is 433 g/mol. The number of nitrogens with one attached hydrogen (secondary N) is 1. The van der Waals surface area contributed by atoms with E-state index < -0.39 is 18.4 Å². The number of hydrogen-bond donors (Lipinski definition) is 2. The summed E-state index contributed by atoms with van der Waals surface area (Å²) in [5.41, 5.74) is -1.08. The summed E-state index contributed by atoms with van der Waals surface area (Å²) in [6, 6.07) is 21.8. The highest BCUT2D eigenvalue weighted by Gasteiger charge is 2.51. The second-order valence-electron chi connectivity index (χ2n) is 7.97. The summed E-state index contributed by atoms with van der Waals surface area (Å²) in [5, 5.41) is 14.9. The molecule has 162 valence electrons. The van der Waals surface area contributed by atoms with Gasteiger partial charge in [-0.3, -0.25) is 0 Å². The summed E-state index contributed by atoms with van der Waals surface area (Å²) in [6.45, 7) is -4.08. The fourth-order valence-electron chi connectivity index (χ4n) is 4.61. The van der Waals surface area contributed by atoms with E-state index in [4.69, 9.17) is 15.8 Å². The minimum Gasteiger partial charge on any atom is -0.480 e. The van der Waals surface area contributed by atoms with Crippen LogP contribution in [0.4, 0.5) is 0 Å². The third kappa shape index (κ3) is 4.50. The molecule has 0 saturated heterocycles. The van der Waals surface area contributed by atoms with Crippen LogP contribution in [0.1, 0.15) is 37.7 Å². The number of carboxylic acids is 1. The normalized spacial score (nSPS) is 18.7. The van der Waals surface area contributed by atoms with Crippen LogP contribution >= 0.6 is 18.1 Å². The summed E-state index contributed by atoms with van der Waals surface area (Å²) in [7, 11) is 0. The maximum atomic E-state index is 13.5. The van der Waals surface area contributed by atoms with Crippen LogP contribution in [0.15, 0.2) is 72.8 Å². The molecule has 0 aromatic heterocycles. The van der Waals surface area contributed by atoms with Gasteiger partial charge in [0.25, 0.3) is 0 Å². The van der Waals surface area contributed by atoms with Gasteiger partial charge in [0.2, 0.25) is 0 Å². The predicted molar refractivity (Wildman–Crippen MR) is 124 cm³/mol. The van der Waals surface area contributed by atoms with Gasteiger partial charge in [-0.25, -0.2) is 14.4 Å². The molecule has 1 saturated carbocycles. The molecule has 31 heavy (non-hydrogen) atoms. The standard InChI is InChI=1S/C24H25ClNO4P/c25-31(29,30-22-17-9-11-18-10-7-8-16-21(18)22)26-24(23(27)28,19-12-3-1-4-13-19)20-14-5-2-6-15-20/h1,3-4,7-13,16-17,20H,2,5-6,14-15H2,(H,26,29)(H,27,28)/t24-,31?/m1/s1. The zero-order chi connectivity index (χ0) is 21.9. The van der Waals surface area contributed by atoms with Gasteiger partial charge in [-0.15, -0.1) is 0 Å². The van der Waals surface area contributed by atoms with Crippen molar-refractivity contribution in [2.45, 2.75) is 37.6 Å². The molecule has 1 aliphatic carbocycles. The molecule has 0 bridgehead atoms. The molecule has 2 N–H and O–H groups in total. The van der Waals surface area contributed by atoms with Gasteiger partial charge < -0.3 is 9.63 Å². The van der Waals surface area contributed by atoms with E-state index in [2.05, 4.69) is 5.09 Å². The van der Waals surface area contributed by atoms with Gasteiger partial charge in [0.15, 0.2) is 5.54 Å². The Morgan fingerprint density at radius 3 is 2.32 bits per heavy atom. The monoisotopic (exact) mass is 457 g/mol. The first-order valence-corrected chi connectivity index (χ1v) is 13.0. The number of aliphatic carboxylic acids is 1. The fourth-order valence-corrected chi connectivity index (χ4v) is 6.52. The van der Waals surface area contributed by atoms with Crippen LogP contribution in [0.3, 0.4) is 0 Å². The summed E-state index contributed by atoms with van der Waals surface area (Å²) in [5.74, 6) is -1.02. The van der Waals surface area contributed by atoms with Gasteiger partial charge >= 0.3 is 12.8 Å². The lowest BCUT2D eigenvalue weighted by Gasteiger charge is -2.41. The molecule has 2 atom stereocenters. The van der Waals surface area contributed by atoms with Crippen molar-refractivity contribution < 1.29 is 19.0 Å². The smallest absolute Gasteiger partial charge is 0.410 e. The molecule has 0 aliphatic heterocycles. The first-order valence-electron chi connectivity index (χ1n) is 10.5. The maximum absolute atomic E-state index is 13.5. The quantitative estimate of drug-likeness (QED) is 0.385. The first kappa shape index (κ1) is 21.9. The van der Waals surface area contributed by atoms with E-state index in [9.17, 15) is 14.5 Å². The number of rotatable bonds is 7. The van der Waals surface area contributed by atoms with Crippen molar-refractivity contribution in [3.63, 3.8) is 0 Å². The van der Waals surface area contributed by atoms with Crippen molar-refractivity contribution in [3.8, 4) is 5.75 Å². The van der Waals surface area contributed by atoms with Crippen LogP contribution < -0.4 is 9.61 Å². The Hall–Kier alpha value is -2.33. The van der Waals surface area contributed by atoms with Crippen molar-refractivity contribution in [1.82, 2.24) is 5.09 Å². The molecule has 1 aliphatic rings. The highest BCUT2D eigenvalue weighted by Crippen LogP contribution is 2.55. The zero-order valence-corrected chi connectivity index (χ0v) is 18.7. The third-order valence-corrected chi connectivity index (χ3v) is 7.57. The van der Waals surface area contributed by atoms with Crippen LogP contribution in [-0.2, 0) is 14.9 Å². The molecule has 0 spiro atoms. The Balaban J connectivity index is 1.75. The maximum Gasteiger partial charge on any atom is 0.410 e. The van der Waals surface area contributed by atoms with E-state index in [-0.39, 0.29) is 5.92 Å². The van der Waals surface area contributed by atoms with Crippen molar-refractivity contribution in [2.24, 2.45) is 5.92 Å². The lowest BCUT2D eigenvalue weighted by molar-refractivity contribution is -0.148. The SMILES string of the molecule is O=C(O)[C@@](NP(=O)(Cl)Oc1cccc2ccccc12)(c1ccccc1)C1CCCCC1. The Bertz CT molecular complexity index is 1110. The van der Waals surface area contributed by atoms with Crippen LogP contribution in [-0.4, -0.2) is 11.1 Å². The topological polar surface area (TPSA) is 75.6 Å². The first-order chi connectivity index (χ1) is 14.9. The van der Waals surface area contributed by atoms with Gasteiger partial charge in [-0.1, -0.05) is 86.0 Å². The molecule has 5 nitrogen and oxygen atoms in total. The molecular formula is C24H25ClNO4P. The molecule has 1 fully saturated rings. The number of carboxylic acid groups (broad SMARTS) is 1. The lowest BCUT2D eigenvalue weighted by Crippen LogP contribution is -2.53. The van der Waals surface area contributed by atoms with Crippen molar-refractivity contribution in [2.75, 3.05) is 0 Å². The molecule has 0 heterocycles. The van der Waals surface area contributed by atoms with E-state index in [0.29, 0.717) is 24.2 Å². The number of halogens is 1. The summed E-state index contributed by atoms with van der Waals surface area (Å²) >= 11 is 6.43. The van der Waals surface area contributed by atoms with E-state index in [0.717, 1.165) is 30.0 Å². The van der Waals surface area contributed by atoms with Gasteiger partial charge in [-0.05, 0) is 35.8 Å². The molecule has 3 aromatic rings. The number of benzene rings is 3. The number of hydrogen-bond acceptors (Lipinski definition) is 3. The van der Waals surface area contributed by atoms with E-state index in [1.54, 1.807) is 36.4 Å². The van der Waals surface area contributed by atoms with Crippen molar-refractivity contribution >= 4 is 34.9 Å². The van der Waals surface area contributed by atoms with Gasteiger partial charge in [0.05, 0.1) is 0 Å². The van der Waals surface area contributed by atoms with E-state index in [1.165, 1.54) is 0 Å². The third-order valence-electron chi connectivity index (χ3n) is 6.06. The highest BCUT2D eigenvalue weighted by molar-refractivity contribution is 7.84. The average molecular weight is 458 g/mol. The second-order valence-corrected chi connectivity index (χ2v) is 10.7. The van der Waals surface area contributed by atoms with Gasteiger partial charge in [-0.2, -0.15) is 0 Å². The Labute approximate surface area is 186 Å². The molecule has 0 radical (unpaired) electrons. The minimum absolute atomic E-state index is 0.260. The van der Waals surface area contributed by atoms with Gasteiger partial charge in [0.1, 0.15) is 5.75 Å². The molecule has 1 unspecified atom stereocenters. The molecule has 7 heteroatoms. The van der Waals surface area contributed by atoms with E-state index >= 15 is 0 Å². The van der Waals surface area contributed by atoms with Crippen LogP contribution in [0.25, 0.3) is 10.8 Å². The minimum atomic E-state index is -4.08. The second kappa shape index (κ2) is 9.04. The highest BCUT2D eigenvalue weighted by atomic mass is 35.7. The zero-order valence-electron chi connectivity index (χ0n) is 17.0. The van der Waals surface area contributed by atoms with Gasteiger partial charge in [0, 0.05) is 16.6 Å². The summed E-state index contributed by atoms with van der Waals surface area (Å²) in [4.78, 5) is 12.8. The van der Waals surface area contributed by atoms with Crippen molar-refractivity contribution in [3.05, 3.63) is 78.4 Å². The average Bonchev–Trinajstić information content (AvgIpc) is 2.78. The Kier molecular flexibility index (Phi) is 6.38. The summed E-state index contributed by atoms with van der Waals surface area (Å²) in [6.07, 6.45) is 4.32. The van der Waals surface area contributed by atoms with Crippen molar-refractivity contribution in [1.29, 1.82) is 0 Å². The Morgan fingerprint density at radius 1 is 0.968 bits per heavy atom. The molecule has 3 aromatic carbocycles. The summed E-state index contributed by atoms with van der Waals surface area (Å²) < 4.78 is 19.3. The van der Waals surface area contributed by atoms with Crippen LogP contribution in [0, 0.1) is 5.92 Å². The Morgan fingerprint density at radius 2 is 1.61 bits per heavy atom. The van der Waals surface area contributed by atoms with Crippen LogP contribution in [0.5, 0.6) is 5.75 Å². The largest absolute Gasteiger partial charge is 0.480 e. The molecule has 4 rings (SSSR count). The number of carbonyl (C=O) groups is 1. The molecule has 0 amide bonds. The number of fused-ring (bicyclic) bond motifs is 1. The van der Waals surface area contributed by atoms with E-state index in [1.807, 2.05) is 36.4 Å². The van der Waals surface area contributed by atoms with Crippen LogP contribution in [0.2, 0.25) is 0 Å².